The predicted molar refractivity (Wildman–Crippen MR) is 62.8 cm³/mol. The van der Waals surface area contributed by atoms with Gasteiger partial charge in [0, 0.05) is 13.0 Å². The van der Waals surface area contributed by atoms with E-state index in [1.54, 1.807) is 6.92 Å². The number of aliphatic imine (C=N–C) groups is 2. The molecule has 0 aliphatic rings. The normalized spacial score (nSPS) is 15.9. The van der Waals surface area contributed by atoms with Gasteiger partial charge in [-0.3, -0.25) is 4.99 Å². The van der Waals surface area contributed by atoms with Crippen molar-refractivity contribution < 1.29 is 15.4 Å². The molecule has 0 saturated carbocycles. The first-order chi connectivity index (χ1) is 7.63. The Bertz CT molecular complexity index is 242. The molecule has 0 aromatic carbocycles. The van der Waals surface area contributed by atoms with Gasteiger partial charge in [0.15, 0.2) is 0 Å². The van der Waals surface area contributed by atoms with Gasteiger partial charge in [0.2, 0.25) is 0 Å². The molecule has 0 bridgehead atoms. The third-order valence-electron chi connectivity index (χ3n) is 1.69. The second-order valence-electron chi connectivity index (χ2n) is 2.66. The second kappa shape index (κ2) is 11.4. The van der Waals surface area contributed by atoms with E-state index in [0.717, 1.165) is 13.4 Å². The fraction of sp³-hybridized carbons (Fsp3) is 0.625. The maximum absolute atomic E-state index is 9.45. The molecule has 2 unspecified atom stereocenters. The molecule has 0 aromatic rings. The Balaban J connectivity index is 0. The Kier molecular flexibility index (Phi) is 11.9. The molecule has 0 fully saturated rings. The van der Waals surface area contributed by atoms with Crippen LogP contribution in [0.5, 0.6) is 0 Å². The number of aliphatic hydroxyl groups excluding tert-OH is 2. The minimum Gasteiger partial charge on any atom is -0.409 e. The van der Waals surface area contributed by atoms with Crippen LogP contribution >= 0.6 is 0 Å². The van der Waals surface area contributed by atoms with E-state index < -0.39 is 12.0 Å². The fourth-order valence-corrected chi connectivity index (χ4v) is 0.687. The van der Waals surface area contributed by atoms with E-state index in [1.165, 1.54) is 6.34 Å². The first-order valence-electron chi connectivity index (χ1n) is 4.45. The summed E-state index contributed by atoms with van der Waals surface area (Å²) >= 11 is 0. The summed E-state index contributed by atoms with van der Waals surface area (Å²) in [5, 5.41) is 27.6. The molecule has 7 N–H and O–H groups in total. The number of amidine groups is 1. The van der Waals surface area contributed by atoms with Crippen molar-refractivity contribution in [1.29, 1.82) is 0 Å². The minimum absolute atomic E-state index is 0.0324. The summed E-state index contributed by atoms with van der Waals surface area (Å²) in [6, 6.07) is 0. The molecular weight excluding hydrogens is 214 g/mol. The number of hydrogen-bond acceptors (Lipinski definition) is 5. The highest BCUT2D eigenvalue weighted by Gasteiger charge is 2.17. The molecule has 0 aliphatic carbocycles. The standard InChI is InChI=1S/C7H15N5O2.CH4O/c1-5(7(9)12-14)6(13)2-10-4-11-3-8;1-2/h3-6,13-14H,2H2,1H3,(H2,9,12)(H2,8,10,11);2H,1H3. The van der Waals surface area contributed by atoms with Crippen LogP contribution in [0.25, 0.3) is 0 Å². The van der Waals surface area contributed by atoms with Gasteiger partial charge in [0.25, 0.3) is 0 Å². The smallest absolute Gasteiger partial charge is 0.144 e. The van der Waals surface area contributed by atoms with Gasteiger partial charge >= 0.3 is 0 Å². The third-order valence-corrected chi connectivity index (χ3v) is 1.69. The van der Waals surface area contributed by atoms with Crippen LogP contribution in [0.2, 0.25) is 0 Å². The average Bonchev–Trinajstić information content (AvgIpc) is 2.34. The lowest BCUT2D eigenvalue weighted by Gasteiger charge is -2.14. The number of nitrogens with zero attached hydrogens (tertiary/aromatic N) is 3. The van der Waals surface area contributed by atoms with Crippen LogP contribution in [-0.4, -0.2) is 53.7 Å². The quantitative estimate of drug-likeness (QED) is 0.167. The largest absolute Gasteiger partial charge is 0.409 e. The summed E-state index contributed by atoms with van der Waals surface area (Å²) in [4.78, 5) is 7.26. The van der Waals surface area contributed by atoms with E-state index in [2.05, 4.69) is 15.1 Å². The summed E-state index contributed by atoms with van der Waals surface area (Å²) < 4.78 is 0. The Labute approximate surface area is 94.0 Å². The molecule has 0 aliphatic heterocycles. The molecule has 0 radical (unpaired) electrons. The highest BCUT2D eigenvalue weighted by atomic mass is 16.4. The number of rotatable bonds is 5. The topological polar surface area (TPSA) is 150 Å². The van der Waals surface area contributed by atoms with Crippen molar-refractivity contribution in [3.8, 4) is 0 Å². The molecule has 0 heterocycles. The third kappa shape index (κ3) is 7.71. The van der Waals surface area contributed by atoms with Crippen LogP contribution in [0.4, 0.5) is 0 Å². The Morgan fingerprint density at radius 2 is 2.00 bits per heavy atom. The second-order valence-corrected chi connectivity index (χ2v) is 2.66. The lowest BCUT2D eigenvalue weighted by atomic mass is 10.0. The van der Waals surface area contributed by atoms with E-state index >= 15 is 0 Å². The molecule has 8 nitrogen and oxygen atoms in total. The Hall–Kier alpha value is -1.67. The zero-order chi connectivity index (χ0) is 13.0. The molecule has 0 saturated heterocycles. The summed E-state index contributed by atoms with van der Waals surface area (Å²) in [7, 11) is 1.00. The average molecular weight is 233 g/mol. The van der Waals surface area contributed by atoms with Gasteiger partial charge in [0.05, 0.1) is 19.0 Å². The zero-order valence-corrected chi connectivity index (χ0v) is 9.35. The van der Waals surface area contributed by atoms with Gasteiger partial charge in [-0.1, -0.05) is 12.1 Å². The molecule has 94 valence electrons. The number of hydrogen-bond donors (Lipinski definition) is 5. The summed E-state index contributed by atoms with van der Waals surface area (Å²) in [5.74, 6) is -0.492. The van der Waals surface area contributed by atoms with Crippen molar-refractivity contribution >= 4 is 18.5 Å². The van der Waals surface area contributed by atoms with Crippen molar-refractivity contribution in [2.45, 2.75) is 13.0 Å². The van der Waals surface area contributed by atoms with Gasteiger partial charge in [-0.05, 0) is 0 Å². The Morgan fingerprint density at radius 1 is 1.44 bits per heavy atom. The first kappa shape index (κ1) is 16.7. The number of aliphatic hydroxyl groups is 2. The molecule has 8 heteroatoms. The van der Waals surface area contributed by atoms with Gasteiger partial charge in [-0.2, -0.15) is 0 Å². The van der Waals surface area contributed by atoms with Gasteiger partial charge < -0.3 is 26.9 Å². The maximum Gasteiger partial charge on any atom is 0.144 e. The van der Waals surface area contributed by atoms with Crippen LogP contribution in [0.3, 0.4) is 0 Å². The molecular formula is C8H19N5O3. The van der Waals surface area contributed by atoms with Crippen LogP contribution in [0.15, 0.2) is 15.1 Å². The summed E-state index contributed by atoms with van der Waals surface area (Å²) in [5.41, 5.74) is 10.2. The highest BCUT2D eigenvalue weighted by molar-refractivity contribution is 5.82. The van der Waals surface area contributed by atoms with Gasteiger partial charge in [-0.15, -0.1) is 0 Å². The van der Waals surface area contributed by atoms with Crippen molar-refractivity contribution in [2.24, 2.45) is 32.5 Å². The SMILES string of the molecule is CC(/C(N)=N/O)C(O)CN=CN=CN.CO. The van der Waals surface area contributed by atoms with Crippen molar-refractivity contribution in [3.05, 3.63) is 0 Å². The van der Waals surface area contributed by atoms with E-state index in [4.69, 9.17) is 21.8 Å². The van der Waals surface area contributed by atoms with E-state index in [-0.39, 0.29) is 12.4 Å². The zero-order valence-electron chi connectivity index (χ0n) is 9.35. The predicted octanol–water partition coefficient (Wildman–Crippen LogP) is -1.65. The molecule has 0 spiro atoms. The van der Waals surface area contributed by atoms with E-state index in [9.17, 15) is 5.11 Å². The van der Waals surface area contributed by atoms with Gasteiger partial charge in [0.1, 0.15) is 12.2 Å². The molecule has 16 heavy (non-hydrogen) atoms. The lowest BCUT2D eigenvalue weighted by molar-refractivity contribution is 0.151. The van der Waals surface area contributed by atoms with Crippen molar-refractivity contribution in [1.82, 2.24) is 0 Å². The van der Waals surface area contributed by atoms with Crippen molar-refractivity contribution in [2.75, 3.05) is 13.7 Å². The molecule has 0 amide bonds. The lowest BCUT2D eigenvalue weighted by Crippen LogP contribution is -2.33. The Morgan fingerprint density at radius 3 is 2.44 bits per heavy atom. The maximum atomic E-state index is 9.45. The number of oxime groups is 1. The molecule has 2 atom stereocenters. The van der Waals surface area contributed by atoms with E-state index in [0.29, 0.717) is 0 Å². The number of nitrogens with two attached hydrogens (primary N) is 2. The highest BCUT2D eigenvalue weighted by Crippen LogP contribution is 2.02. The molecule has 0 aromatic heterocycles. The first-order valence-corrected chi connectivity index (χ1v) is 4.45. The summed E-state index contributed by atoms with van der Waals surface area (Å²) in [6.45, 7) is 1.75. The fourth-order valence-electron chi connectivity index (χ4n) is 0.687. The van der Waals surface area contributed by atoms with Crippen LogP contribution < -0.4 is 11.5 Å². The van der Waals surface area contributed by atoms with Crippen LogP contribution in [0.1, 0.15) is 6.92 Å². The van der Waals surface area contributed by atoms with E-state index in [1.807, 2.05) is 0 Å². The van der Waals surface area contributed by atoms with Crippen molar-refractivity contribution in [3.63, 3.8) is 0 Å². The van der Waals surface area contributed by atoms with Crippen LogP contribution in [-0.2, 0) is 0 Å². The van der Waals surface area contributed by atoms with Gasteiger partial charge in [-0.25, -0.2) is 4.99 Å². The van der Waals surface area contributed by atoms with Crippen LogP contribution in [0, 0.1) is 5.92 Å². The monoisotopic (exact) mass is 233 g/mol. The summed E-state index contributed by atoms with van der Waals surface area (Å²) in [6.07, 6.45) is 1.50. The molecule has 0 rings (SSSR count). The minimum atomic E-state index is -0.810.